The second kappa shape index (κ2) is 8.49. The van der Waals surface area contributed by atoms with Crippen LogP contribution in [0.4, 0.5) is 0 Å². The van der Waals surface area contributed by atoms with Crippen LogP contribution in [0.1, 0.15) is 31.2 Å². The minimum Gasteiger partial charge on any atom is -0.352 e. The Bertz CT molecular complexity index is 617. The molecule has 0 spiro atoms. The Morgan fingerprint density at radius 2 is 2.38 bits per heavy atom. The van der Waals surface area contributed by atoms with Crippen LogP contribution < -0.4 is 5.32 Å². The summed E-state index contributed by atoms with van der Waals surface area (Å²) >= 11 is 0. The molecule has 0 unspecified atom stereocenters. The average Bonchev–Trinajstić information content (AvgIpc) is 3.09. The van der Waals surface area contributed by atoms with Gasteiger partial charge in [-0.3, -0.25) is 14.7 Å². The van der Waals surface area contributed by atoms with Crippen LogP contribution in [-0.2, 0) is 17.9 Å². The van der Waals surface area contributed by atoms with Crippen molar-refractivity contribution in [2.45, 2.75) is 44.8 Å². The largest absolute Gasteiger partial charge is 0.352 e. The van der Waals surface area contributed by atoms with Gasteiger partial charge in [0.05, 0.1) is 0 Å². The van der Waals surface area contributed by atoms with Crippen molar-refractivity contribution in [1.82, 2.24) is 35.4 Å². The van der Waals surface area contributed by atoms with Crippen molar-refractivity contribution in [1.29, 1.82) is 0 Å². The molecule has 1 aliphatic rings. The maximum absolute atomic E-state index is 12.1. The fourth-order valence-corrected chi connectivity index (χ4v) is 3.05. The number of nitrogens with zero attached hydrogens (tertiary/aromatic N) is 6. The molecule has 0 aliphatic carbocycles. The van der Waals surface area contributed by atoms with Crippen LogP contribution in [0, 0.1) is 0 Å². The van der Waals surface area contributed by atoms with E-state index in [4.69, 9.17) is 0 Å². The van der Waals surface area contributed by atoms with E-state index in [2.05, 4.69) is 36.8 Å². The number of hydrogen-bond acceptors (Lipinski definition) is 6. The monoisotopic (exact) mass is 329 g/mol. The van der Waals surface area contributed by atoms with Gasteiger partial charge < -0.3 is 5.32 Å². The number of rotatable bonds is 7. The minimum absolute atomic E-state index is 0.108. The van der Waals surface area contributed by atoms with Crippen molar-refractivity contribution >= 4 is 5.91 Å². The number of aromatic nitrogens is 5. The molecule has 24 heavy (non-hydrogen) atoms. The maximum atomic E-state index is 12.1. The number of nitrogens with one attached hydrogen (secondary N) is 1. The normalized spacial score (nSPS) is 18.4. The van der Waals surface area contributed by atoms with Crippen LogP contribution in [0.15, 0.2) is 30.9 Å². The Kier molecular flexibility index (Phi) is 5.84. The Labute approximate surface area is 141 Å². The summed E-state index contributed by atoms with van der Waals surface area (Å²) in [6.45, 7) is 3.52. The van der Waals surface area contributed by atoms with E-state index in [9.17, 15) is 4.79 Å². The molecule has 1 atom stereocenters. The number of amides is 1. The third kappa shape index (κ3) is 5.09. The van der Waals surface area contributed by atoms with Crippen LogP contribution in [0.25, 0.3) is 0 Å². The highest BCUT2D eigenvalue weighted by molar-refractivity contribution is 5.76. The molecule has 1 fully saturated rings. The summed E-state index contributed by atoms with van der Waals surface area (Å²) in [5, 5.41) is 14.1. The first-order valence-electron chi connectivity index (χ1n) is 8.41. The number of carbonyl (C=O) groups excluding carboxylic acids is 1. The van der Waals surface area contributed by atoms with Crippen molar-refractivity contribution < 1.29 is 4.79 Å². The number of piperidine rings is 1. The van der Waals surface area contributed by atoms with Crippen LogP contribution in [-0.4, -0.2) is 55.1 Å². The number of tetrazole rings is 1. The SMILES string of the molecule is O=C(CCCn1cnnn1)N[C@H]1CCCN(Cc2cccnc2)C1. The molecule has 3 rings (SSSR count). The van der Waals surface area contributed by atoms with Gasteiger partial charge in [-0.15, -0.1) is 5.10 Å². The van der Waals surface area contributed by atoms with Crippen LogP contribution in [0.5, 0.6) is 0 Å². The number of pyridine rings is 1. The van der Waals surface area contributed by atoms with Crippen molar-refractivity contribution in [2.75, 3.05) is 13.1 Å². The number of likely N-dealkylation sites (tertiary alicyclic amines) is 1. The third-order valence-electron chi connectivity index (χ3n) is 4.18. The zero-order chi connectivity index (χ0) is 16.6. The molecule has 1 amide bonds. The molecule has 128 valence electrons. The standard InChI is InChI=1S/C16H23N7O/c24-16(6-3-9-23-13-18-20-21-23)19-15-5-2-8-22(12-15)11-14-4-1-7-17-10-14/h1,4,7,10,13,15H,2-3,5-6,8-9,11-12H2,(H,19,24)/t15-/m0/s1. The molecule has 1 saturated heterocycles. The van der Waals surface area contributed by atoms with E-state index in [1.807, 2.05) is 12.3 Å². The summed E-state index contributed by atoms with van der Waals surface area (Å²) in [5.74, 6) is 0.108. The van der Waals surface area contributed by atoms with Crippen LogP contribution in [0.2, 0.25) is 0 Å². The summed E-state index contributed by atoms with van der Waals surface area (Å²) < 4.78 is 1.64. The first-order valence-corrected chi connectivity index (χ1v) is 8.41. The maximum Gasteiger partial charge on any atom is 0.220 e. The molecule has 3 heterocycles. The highest BCUT2D eigenvalue weighted by Crippen LogP contribution is 2.13. The van der Waals surface area contributed by atoms with Gasteiger partial charge in [-0.25, -0.2) is 4.68 Å². The second-order valence-corrected chi connectivity index (χ2v) is 6.18. The summed E-state index contributed by atoms with van der Waals surface area (Å²) in [7, 11) is 0. The van der Waals surface area contributed by atoms with Gasteiger partial charge in [-0.1, -0.05) is 6.07 Å². The fourth-order valence-electron chi connectivity index (χ4n) is 3.05. The van der Waals surface area contributed by atoms with Crippen molar-refractivity contribution in [3.63, 3.8) is 0 Å². The van der Waals surface area contributed by atoms with Gasteiger partial charge in [0.25, 0.3) is 0 Å². The summed E-state index contributed by atoms with van der Waals surface area (Å²) in [4.78, 5) is 18.6. The molecule has 1 N–H and O–H groups in total. The lowest BCUT2D eigenvalue weighted by molar-refractivity contribution is -0.122. The third-order valence-corrected chi connectivity index (χ3v) is 4.18. The molecule has 8 heteroatoms. The van der Waals surface area contributed by atoms with E-state index in [1.165, 1.54) is 5.56 Å². The summed E-state index contributed by atoms with van der Waals surface area (Å²) in [5.41, 5.74) is 1.21. The predicted molar refractivity (Wildman–Crippen MR) is 87.7 cm³/mol. The predicted octanol–water partition coefficient (Wildman–Crippen LogP) is 0.629. The van der Waals surface area contributed by atoms with E-state index in [1.54, 1.807) is 17.2 Å². The topological polar surface area (TPSA) is 88.8 Å². The highest BCUT2D eigenvalue weighted by Gasteiger charge is 2.21. The fraction of sp³-hybridized carbons (Fsp3) is 0.562. The van der Waals surface area contributed by atoms with E-state index in [0.29, 0.717) is 13.0 Å². The van der Waals surface area contributed by atoms with Gasteiger partial charge in [0.15, 0.2) is 0 Å². The average molecular weight is 329 g/mol. The molecular formula is C16H23N7O. The molecule has 0 radical (unpaired) electrons. The van der Waals surface area contributed by atoms with E-state index in [0.717, 1.165) is 38.9 Å². The van der Waals surface area contributed by atoms with Gasteiger partial charge >= 0.3 is 0 Å². The number of hydrogen-bond donors (Lipinski definition) is 1. The lowest BCUT2D eigenvalue weighted by Gasteiger charge is -2.33. The van der Waals surface area contributed by atoms with E-state index >= 15 is 0 Å². The van der Waals surface area contributed by atoms with Crippen molar-refractivity contribution in [3.8, 4) is 0 Å². The molecular weight excluding hydrogens is 306 g/mol. The zero-order valence-corrected chi connectivity index (χ0v) is 13.7. The Hall–Kier alpha value is -2.35. The van der Waals surface area contributed by atoms with E-state index in [-0.39, 0.29) is 11.9 Å². The zero-order valence-electron chi connectivity index (χ0n) is 13.7. The van der Waals surface area contributed by atoms with Gasteiger partial charge in [0.1, 0.15) is 6.33 Å². The van der Waals surface area contributed by atoms with Gasteiger partial charge in [0, 0.05) is 44.5 Å². The molecule has 8 nitrogen and oxygen atoms in total. The van der Waals surface area contributed by atoms with E-state index < -0.39 is 0 Å². The quantitative estimate of drug-likeness (QED) is 0.801. The number of aryl methyl sites for hydroxylation is 1. The lowest BCUT2D eigenvalue weighted by Crippen LogP contribution is -2.47. The first-order chi connectivity index (χ1) is 11.8. The molecule has 0 saturated carbocycles. The lowest BCUT2D eigenvalue weighted by atomic mass is 10.0. The van der Waals surface area contributed by atoms with Crippen LogP contribution >= 0.6 is 0 Å². The number of carbonyl (C=O) groups is 1. The summed E-state index contributed by atoms with van der Waals surface area (Å²) in [6, 6.07) is 4.29. The highest BCUT2D eigenvalue weighted by atomic mass is 16.1. The van der Waals surface area contributed by atoms with Gasteiger partial charge in [-0.05, 0) is 47.9 Å². The molecule has 1 aliphatic heterocycles. The van der Waals surface area contributed by atoms with Gasteiger partial charge in [0.2, 0.25) is 5.91 Å². The Morgan fingerprint density at radius 3 is 3.17 bits per heavy atom. The van der Waals surface area contributed by atoms with Crippen molar-refractivity contribution in [2.24, 2.45) is 0 Å². The molecule has 2 aromatic heterocycles. The molecule has 0 bridgehead atoms. The molecule has 0 aromatic carbocycles. The Morgan fingerprint density at radius 1 is 1.42 bits per heavy atom. The first kappa shape index (κ1) is 16.5. The summed E-state index contributed by atoms with van der Waals surface area (Å²) in [6.07, 6.45) is 8.65. The minimum atomic E-state index is 0.108. The Balaban J connectivity index is 1.39. The van der Waals surface area contributed by atoms with Gasteiger partial charge in [-0.2, -0.15) is 0 Å². The van der Waals surface area contributed by atoms with Crippen molar-refractivity contribution in [3.05, 3.63) is 36.4 Å². The van der Waals surface area contributed by atoms with Crippen LogP contribution in [0.3, 0.4) is 0 Å². The second-order valence-electron chi connectivity index (χ2n) is 6.18. The smallest absolute Gasteiger partial charge is 0.220 e. The molecule has 2 aromatic rings.